The highest BCUT2D eigenvalue weighted by molar-refractivity contribution is 6.10. The maximum Gasteiger partial charge on any atom is 0.416 e. The second kappa shape index (κ2) is 7.23. The van der Waals surface area contributed by atoms with Crippen molar-refractivity contribution in [3.8, 4) is 0 Å². The number of hydrogen-bond acceptors (Lipinski definition) is 3. The van der Waals surface area contributed by atoms with E-state index in [1.165, 1.54) is 35.2 Å². The minimum Gasteiger partial charge on any atom is -0.321 e. The van der Waals surface area contributed by atoms with Gasteiger partial charge in [-0.25, -0.2) is 4.39 Å². The van der Waals surface area contributed by atoms with Crippen LogP contribution >= 0.6 is 0 Å². The molecule has 0 saturated carbocycles. The summed E-state index contributed by atoms with van der Waals surface area (Å²) in [4.78, 5) is 14.0. The molecule has 1 unspecified atom stereocenters. The number of aromatic nitrogens is 3. The molecule has 0 N–H and O–H groups in total. The van der Waals surface area contributed by atoms with Gasteiger partial charge in [0.2, 0.25) is 0 Å². The van der Waals surface area contributed by atoms with E-state index in [1.54, 1.807) is 17.9 Å². The highest BCUT2D eigenvalue weighted by Gasteiger charge is 2.39. The fourth-order valence-corrected chi connectivity index (χ4v) is 3.76. The van der Waals surface area contributed by atoms with E-state index in [2.05, 4.69) is 10.2 Å². The number of fused-ring (bicyclic) bond motifs is 1. The zero-order valence-corrected chi connectivity index (χ0v) is 16.2. The number of nitrogens with zero attached hydrogens (tertiary/aromatic N) is 4. The van der Waals surface area contributed by atoms with Crippen LogP contribution in [0, 0.1) is 5.82 Å². The third-order valence-electron chi connectivity index (χ3n) is 5.39. The highest BCUT2D eigenvalue weighted by Crippen LogP contribution is 2.39. The molecule has 1 atom stereocenters. The lowest BCUT2D eigenvalue weighted by atomic mass is 9.96. The molecule has 5 nitrogen and oxygen atoms in total. The van der Waals surface area contributed by atoms with E-state index in [4.69, 9.17) is 0 Å². The van der Waals surface area contributed by atoms with Gasteiger partial charge in [0.05, 0.1) is 12.1 Å². The van der Waals surface area contributed by atoms with Gasteiger partial charge in [-0.1, -0.05) is 13.0 Å². The summed E-state index contributed by atoms with van der Waals surface area (Å²) in [6.07, 6.45) is -2.59. The fraction of sp³-hybridized carbons (Fsp3) is 0.286. The first-order chi connectivity index (χ1) is 14.2. The van der Waals surface area contributed by atoms with Gasteiger partial charge in [-0.2, -0.15) is 13.2 Å². The first-order valence-electron chi connectivity index (χ1n) is 9.30. The molecule has 1 aromatic heterocycles. The van der Waals surface area contributed by atoms with E-state index in [0.29, 0.717) is 23.5 Å². The maximum atomic E-state index is 14.5. The van der Waals surface area contributed by atoms with Crippen LogP contribution in [-0.2, 0) is 26.2 Å². The van der Waals surface area contributed by atoms with Crippen molar-refractivity contribution in [2.45, 2.75) is 32.0 Å². The summed E-state index contributed by atoms with van der Waals surface area (Å²) >= 11 is 0. The maximum absolute atomic E-state index is 14.5. The van der Waals surface area contributed by atoms with E-state index in [9.17, 15) is 22.4 Å². The van der Waals surface area contributed by atoms with Crippen molar-refractivity contribution < 1.29 is 22.4 Å². The van der Waals surface area contributed by atoms with E-state index in [-0.39, 0.29) is 23.6 Å². The number of carbonyl (C=O) groups excluding carboxylic acids is 1. The first-order valence-corrected chi connectivity index (χ1v) is 9.30. The first kappa shape index (κ1) is 20.1. The van der Waals surface area contributed by atoms with Gasteiger partial charge in [0.1, 0.15) is 18.0 Å². The summed E-state index contributed by atoms with van der Waals surface area (Å²) in [5, 5.41) is 7.81. The van der Waals surface area contributed by atoms with Gasteiger partial charge in [0, 0.05) is 24.7 Å². The lowest BCUT2D eigenvalue weighted by Gasteiger charge is -2.20. The molecular formula is C21H18F4N4O. The molecule has 0 aliphatic carbocycles. The summed E-state index contributed by atoms with van der Waals surface area (Å²) in [5.74, 6) is -0.589. The van der Waals surface area contributed by atoms with Crippen molar-refractivity contribution in [1.82, 2.24) is 14.8 Å². The van der Waals surface area contributed by atoms with Gasteiger partial charge in [0.25, 0.3) is 5.91 Å². The van der Waals surface area contributed by atoms with Crippen LogP contribution in [0.5, 0.6) is 0 Å². The Labute approximate surface area is 170 Å². The summed E-state index contributed by atoms with van der Waals surface area (Å²) in [6.45, 7) is 1.60. The normalized spacial score (nSPS) is 14.9. The smallest absolute Gasteiger partial charge is 0.321 e. The average molecular weight is 418 g/mol. The van der Waals surface area contributed by atoms with Gasteiger partial charge in [-0.05, 0) is 47.4 Å². The van der Waals surface area contributed by atoms with Crippen LogP contribution in [0.2, 0.25) is 0 Å². The largest absolute Gasteiger partial charge is 0.416 e. The topological polar surface area (TPSA) is 51.0 Å². The van der Waals surface area contributed by atoms with Crippen molar-refractivity contribution in [1.29, 1.82) is 0 Å². The van der Waals surface area contributed by atoms with Gasteiger partial charge in [0.15, 0.2) is 0 Å². The van der Waals surface area contributed by atoms with Crippen molar-refractivity contribution >= 4 is 11.6 Å². The van der Waals surface area contributed by atoms with Crippen LogP contribution in [0.25, 0.3) is 0 Å². The number of halogens is 4. The molecule has 1 aliphatic rings. The van der Waals surface area contributed by atoms with Crippen LogP contribution in [0.15, 0.2) is 42.7 Å². The molecule has 2 heterocycles. The minimum atomic E-state index is -4.56. The predicted molar refractivity (Wildman–Crippen MR) is 101 cm³/mol. The molecule has 4 rings (SSSR count). The van der Waals surface area contributed by atoms with E-state index in [1.807, 2.05) is 6.92 Å². The van der Waals surface area contributed by atoms with Gasteiger partial charge < -0.3 is 9.47 Å². The molecule has 156 valence electrons. The summed E-state index contributed by atoms with van der Waals surface area (Å²) in [5.41, 5.74) is -0.162. The number of alkyl halides is 3. The summed E-state index contributed by atoms with van der Waals surface area (Å²) in [6, 6.07) is 7.74. The Morgan fingerprint density at radius 2 is 1.97 bits per heavy atom. The molecule has 30 heavy (non-hydrogen) atoms. The summed E-state index contributed by atoms with van der Waals surface area (Å²) in [7, 11) is 1.78. The average Bonchev–Trinajstić information content (AvgIpc) is 3.24. The van der Waals surface area contributed by atoms with Crippen molar-refractivity contribution in [3.05, 3.63) is 76.6 Å². The third kappa shape index (κ3) is 3.44. The number of benzene rings is 2. The van der Waals surface area contributed by atoms with Crippen LogP contribution in [0.1, 0.15) is 45.7 Å². The van der Waals surface area contributed by atoms with E-state index >= 15 is 0 Å². The standard InChI is InChI=1S/C21H18F4N4O/c1-12(8-19-27-26-11-28(19)2)15-9-13(6-7-18(15)22)29-10-16-14(20(29)30)4-3-5-17(16)21(23,24)25/h3-7,9,11-12H,8,10H2,1-2H3. The van der Waals surface area contributed by atoms with E-state index < -0.39 is 23.5 Å². The number of carbonyl (C=O) groups is 1. The molecule has 0 bridgehead atoms. The zero-order chi connectivity index (χ0) is 21.6. The minimum absolute atomic E-state index is 0.0165. The Balaban J connectivity index is 1.66. The van der Waals surface area contributed by atoms with Crippen LogP contribution in [0.4, 0.5) is 23.2 Å². The third-order valence-corrected chi connectivity index (χ3v) is 5.39. The van der Waals surface area contributed by atoms with Crippen molar-refractivity contribution in [2.75, 3.05) is 4.90 Å². The van der Waals surface area contributed by atoms with Crippen molar-refractivity contribution in [2.24, 2.45) is 7.05 Å². The molecule has 1 amide bonds. The Morgan fingerprint density at radius 1 is 1.20 bits per heavy atom. The monoisotopic (exact) mass is 418 g/mol. The SMILES string of the molecule is CC(Cc1nncn1C)c1cc(N2Cc3c(cccc3C(F)(F)F)C2=O)ccc1F. The van der Waals surface area contributed by atoms with Crippen LogP contribution in [0.3, 0.4) is 0 Å². The Kier molecular flexibility index (Phi) is 4.83. The highest BCUT2D eigenvalue weighted by atomic mass is 19.4. The van der Waals surface area contributed by atoms with Crippen molar-refractivity contribution in [3.63, 3.8) is 0 Å². The lowest BCUT2D eigenvalue weighted by Crippen LogP contribution is -2.23. The number of amides is 1. The molecule has 9 heteroatoms. The second-order valence-electron chi connectivity index (χ2n) is 7.39. The quantitative estimate of drug-likeness (QED) is 0.587. The molecule has 0 spiro atoms. The van der Waals surface area contributed by atoms with Gasteiger partial charge in [-0.15, -0.1) is 10.2 Å². The Morgan fingerprint density at radius 3 is 2.63 bits per heavy atom. The molecule has 2 aromatic carbocycles. The Bertz CT molecular complexity index is 1120. The predicted octanol–water partition coefficient (Wildman–Crippen LogP) is 4.48. The molecule has 1 aliphatic heterocycles. The molecule has 0 fully saturated rings. The zero-order valence-electron chi connectivity index (χ0n) is 16.2. The second-order valence-corrected chi connectivity index (χ2v) is 7.39. The lowest BCUT2D eigenvalue weighted by molar-refractivity contribution is -0.138. The summed E-state index contributed by atoms with van der Waals surface area (Å²) < 4.78 is 56.3. The van der Waals surface area contributed by atoms with Gasteiger partial charge >= 0.3 is 6.18 Å². The number of hydrogen-bond donors (Lipinski definition) is 0. The molecule has 0 saturated heterocycles. The molecule has 0 radical (unpaired) electrons. The fourth-order valence-electron chi connectivity index (χ4n) is 3.76. The molecule has 3 aromatic rings. The van der Waals surface area contributed by atoms with Crippen LogP contribution in [-0.4, -0.2) is 20.7 Å². The molecular weight excluding hydrogens is 400 g/mol. The van der Waals surface area contributed by atoms with E-state index in [0.717, 1.165) is 6.07 Å². The number of rotatable bonds is 4. The number of aryl methyl sites for hydroxylation is 1. The van der Waals surface area contributed by atoms with Crippen LogP contribution < -0.4 is 4.90 Å². The number of anilines is 1. The van der Waals surface area contributed by atoms with Gasteiger partial charge in [-0.3, -0.25) is 4.79 Å². The Hall–Kier alpha value is -3.23.